The quantitative estimate of drug-likeness (QED) is 0.379. The number of hydrogen-bond acceptors (Lipinski definition) is 7. The molecule has 0 spiro atoms. The number of pyridine rings is 1. The Labute approximate surface area is 205 Å². The average molecular weight is 525 g/mol. The van der Waals surface area contributed by atoms with Gasteiger partial charge < -0.3 is 24.4 Å². The normalized spacial score (nSPS) is 15.7. The van der Waals surface area contributed by atoms with Crippen molar-refractivity contribution in [2.75, 3.05) is 25.1 Å². The van der Waals surface area contributed by atoms with Crippen LogP contribution in [-0.2, 0) is 13.8 Å². The Balaban J connectivity index is 1.62. The van der Waals surface area contributed by atoms with Crippen LogP contribution in [0.4, 0.5) is 10.3 Å². The van der Waals surface area contributed by atoms with Gasteiger partial charge in [0, 0.05) is 43.3 Å². The Kier molecular flexibility index (Phi) is 7.95. The van der Waals surface area contributed by atoms with Gasteiger partial charge in [-0.2, -0.15) is 0 Å². The molecule has 0 unspecified atom stereocenters. The average Bonchev–Trinajstić information content (AvgIpc) is 2.82. The number of ether oxygens (including phenoxy) is 1. The maximum Gasteiger partial charge on any atom is 0.469 e. The second kappa shape index (κ2) is 10.9. The highest BCUT2D eigenvalue weighted by Crippen LogP contribution is 2.38. The summed E-state index contributed by atoms with van der Waals surface area (Å²) in [6, 6.07) is 7.64. The van der Waals surface area contributed by atoms with Crippen LogP contribution < -0.4 is 10.9 Å². The Morgan fingerprint density at radius 2 is 2.03 bits per heavy atom. The molecule has 186 valence electrons. The van der Waals surface area contributed by atoms with Crippen molar-refractivity contribution >= 4 is 25.4 Å². The second-order valence-corrected chi connectivity index (χ2v) is 9.58. The van der Waals surface area contributed by atoms with E-state index in [9.17, 15) is 13.8 Å². The van der Waals surface area contributed by atoms with Gasteiger partial charge in [0.2, 0.25) is 5.95 Å². The summed E-state index contributed by atoms with van der Waals surface area (Å²) in [6.07, 6.45) is 4.70. The highest BCUT2D eigenvalue weighted by atomic mass is 35.5. The van der Waals surface area contributed by atoms with Crippen molar-refractivity contribution in [1.29, 1.82) is 0 Å². The first-order valence-corrected chi connectivity index (χ1v) is 12.7. The molecule has 2 aromatic heterocycles. The van der Waals surface area contributed by atoms with Crippen LogP contribution >= 0.6 is 19.4 Å². The molecule has 3 heterocycles. The van der Waals surface area contributed by atoms with Crippen LogP contribution in [0.25, 0.3) is 11.3 Å². The maximum absolute atomic E-state index is 14.1. The molecule has 0 aliphatic carbocycles. The largest absolute Gasteiger partial charge is 0.469 e. The summed E-state index contributed by atoms with van der Waals surface area (Å²) >= 11 is 5.75. The fraction of sp³-hybridized carbons (Fsp3) is 0.318. The van der Waals surface area contributed by atoms with Crippen molar-refractivity contribution in [3.05, 3.63) is 75.5 Å². The number of hydrogen-bond donors (Lipinski definition) is 3. The minimum absolute atomic E-state index is 0.125. The predicted octanol–water partition coefficient (Wildman–Crippen LogP) is 3.39. The molecule has 1 saturated heterocycles. The minimum atomic E-state index is -4.84. The zero-order chi connectivity index (χ0) is 25.0. The molecule has 10 nitrogen and oxygen atoms in total. The Hall–Kier alpha value is -2.66. The lowest BCUT2D eigenvalue weighted by atomic mass is 10.1. The van der Waals surface area contributed by atoms with E-state index >= 15 is 0 Å². The SMILES string of the molecule is O=c1cc(-c2ccnc(NC3CCOCC3)n2)ccn1[C@H](COP(=O)(O)O)c1ccc(Cl)c(F)c1. The number of nitrogens with one attached hydrogen (secondary N) is 1. The van der Waals surface area contributed by atoms with E-state index in [0.717, 1.165) is 18.9 Å². The molecule has 1 fully saturated rings. The first-order chi connectivity index (χ1) is 16.7. The lowest BCUT2D eigenvalue weighted by Crippen LogP contribution is -2.28. The van der Waals surface area contributed by atoms with Crippen LogP contribution in [0.15, 0.2) is 53.6 Å². The fourth-order valence-electron chi connectivity index (χ4n) is 3.74. The van der Waals surface area contributed by atoms with Crippen LogP contribution in [0.5, 0.6) is 0 Å². The van der Waals surface area contributed by atoms with Gasteiger partial charge in [0.15, 0.2) is 0 Å². The van der Waals surface area contributed by atoms with E-state index in [1.807, 2.05) is 0 Å². The van der Waals surface area contributed by atoms with Crippen molar-refractivity contribution < 1.29 is 28.0 Å². The highest BCUT2D eigenvalue weighted by Gasteiger charge is 2.23. The number of nitrogens with zero attached hydrogens (tertiary/aromatic N) is 3. The van der Waals surface area contributed by atoms with Crippen LogP contribution in [-0.4, -0.2) is 50.2 Å². The summed E-state index contributed by atoms with van der Waals surface area (Å²) in [5.74, 6) is -0.302. The van der Waals surface area contributed by atoms with Crippen molar-refractivity contribution in [1.82, 2.24) is 14.5 Å². The summed E-state index contributed by atoms with van der Waals surface area (Å²) in [5, 5.41) is 3.15. The van der Waals surface area contributed by atoms with Gasteiger partial charge in [0.25, 0.3) is 5.56 Å². The number of aromatic nitrogens is 3. The predicted molar refractivity (Wildman–Crippen MR) is 127 cm³/mol. The van der Waals surface area contributed by atoms with Gasteiger partial charge in [-0.15, -0.1) is 0 Å². The molecule has 13 heteroatoms. The summed E-state index contributed by atoms with van der Waals surface area (Å²) in [7, 11) is -4.84. The molecule has 1 aliphatic heterocycles. The van der Waals surface area contributed by atoms with Crippen molar-refractivity contribution in [3.63, 3.8) is 0 Å². The van der Waals surface area contributed by atoms with Gasteiger partial charge in [-0.05, 0) is 42.7 Å². The van der Waals surface area contributed by atoms with Crippen LogP contribution in [0, 0.1) is 5.82 Å². The maximum atomic E-state index is 14.1. The first kappa shape index (κ1) is 25.4. The molecule has 1 aliphatic rings. The van der Waals surface area contributed by atoms with E-state index in [1.54, 1.807) is 18.3 Å². The molecule has 0 saturated carbocycles. The zero-order valence-corrected chi connectivity index (χ0v) is 20.0. The molecule has 4 rings (SSSR count). The van der Waals surface area contributed by atoms with Crippen LogP contribution in [0.3, 0.4) is 0 Å². The molecule has 1 aromatic carbocycles. The number of anilines is 1. The third-order valence-electron chi connectivity index (χ3n) is 5.52. The zero-order valence-electron chi connectivity index (χ0n) is 18.4. The second-order valence-electron chi connectivity index (χ2n) is 7.93. The fourth-order valence-corrected chi connectivity index (χ4v) is 4.20. The lowest BCUT2D eigenvalue weighted by molar-refractivity contribution is 0.0903. The molecule has 3 N–H and O–H groups in total. The van der Waals surface area contributed by atoms with E-state index in [4.69, 9.17) is 26.1 Å². The van der Waals surface area contributed by atoms with E-state index in [1.165, 1.54) is 29.0 Å². The summed E-state index contributed by atoms with van der Waals surface area (Å²) < 4.78 is 36.6. The smallest absolute Gasteiger partial charge is 0.381 e. The molecule has 0 radical (unpaired) electrons. The lowest BCUT2D eigenvalue weighted by Gasteiger charge is -2.23. The molecule has 35 heavy (non-hydrogen) atoms. The topological polar surface area (TPSA) is 136 Å². The minimum Gasteiger partial charge on any atom is -0.381 e. The van der Waals surface area contributed by atoms with Crippen molar-refractivity contribution in [2.45, 2.75) is 24.9 Å². The summed E-state index contributed by atoms with van der Waals surface area (Å²) in [4.78, 5) is 40.1. The number of benzene rings is 1. The molecule has 0 amide bonds. The van der Waals surface area contributed by atoms with Gasteiger partial charge in [0.1, 0.15) is 5.82 Å². The number of rotatable bonds is 8. The number of phosphoric acid groups is 1. The monoisotopic (exact) mass is 524 g/mol. The van der Waals surface area contributed by atoms with Gasteiger partial charge in [0.05, 0.1) is 23.4 Å². The van der Waals surface area contributed by atoms with E-state index in [0.29, 0.717) is 30.4 Å². The van der Waals surface area contributed by atoms with Crippen LogP contribution in [0.2, 0.25) is 5.02 Å². The van der Waals surface area contributed by atoms with Gasteiger partial charge in [-0.3, -0.25) is 9.32 Å². The van der Waals surface area contributed by atoms with Crippen LogP contribution in [0.1, 0.15) is 24.4 Å². The Morgan fingerprint density at radius 1 is 1.26 bits per heavy atom. The molecule has 3 aromatic rings. The standard InChI is InChI=1S/C22H23ClFN4O6P/c23-17-2-1-15(11-18(17)24)20(13-34-35(30,31)32)28-8-4-14(12-21(28)29)19-3-7-25-22(27-19)26-16-5-9-33-10-6-16/h1-4,7-8,11-12,16,20H,5-6,9-10,13H2,(H,25,26,27)(H2,30,31,32)/t20-/m1/s1. The van der Waals surface area contributed by atoms with Crippen molar-refractivity contribution in [2.24, 2.45) is 0 Å². The van der Waals surface area contributed by atoms with Gasteiger partial charge in [-0.25, -0.2) is 18.9 Å². The molecule has 0 bridgehead atoms. The summed E-state index contributed by atoms with van der Waals surface area (Å²) in [6.45, 7) is 0.761. The molecule has 1 atom stereocenters. The number of phosphoric ester groups is 1. The molecular formula is C22H23ClFN4O6P. The number of halogens is 2. The van der Waals surface area contributed by atoms with E-state index in [2.05, 4.69) is 19.8 Å². The van der Waals surface area contributed by atoms with E-state index in [-0.39, 0.29) is 16.6 Å². The molecular weight excluding hydrogens is 502 g/mol. The van der Waals surface area contributed by atoms with Crippen molar-refractivity contribution in [3.8, 4) is 11.3 Å². The third kappa shape index (κ3) is 6.72. The van der Waals surface area contributed by atoms with E-state index < -0.39 is 31.8 Å². The highest BCUT2D eigenvalue weighted by molar-refractivity contribution is 7.46. The summed E-state index contributed by atoms with van der Waals surface area (Å²) in [5.41, 5.74) is 0.773. The van der Waals surface area contributed by atoms with Gasteiger partial charge in [-0.1, -0.05) is 17.7 Å². The Bertz CT molecular complexity index is 1300. The first-order valence-electron chi connectivity index (χ1n) is 10.7. The van der Waals surface area contributed by atoms with Gasteiger partial charge >= 0.3 is 7.82 Å². The Morgan fingerprint density at radius 3 is 2.71 bits per heavy atom. The third-order valence-corrected chi connectivity index (χ3v) is 6.31.